The van der Waals surface area contributed by atoms with Crippen LogP contribution in [0.25, 0.3) is 0 Å². The molecule has 2 fully saturated rings. The Labute approximate surface area is 199 Å². The van der Waals surface area contributed by atoms with E-state index in [9.17, 15) is 30.0 Å². The Morgan fingerprint density at radius 1 is 1.26 bits per heavy atom. The third-order valence-electron chi connectivity index (χ3n) is 7.10. The number of hydrogen-bond acceptors (Lipinski definition) is 9. The van der Waals surface area contributed by atoms with E-state index in [4.69, 9.17) is 14.2 Å². The maximum Gasteiger partial charge on any atom is 0.189 e. The van der Waals surface area contributed by atoms with Crippen molar-refractivity contribution in [1.82, 2.24) is 0 Å². The highest BCUT2D eigenvalue weighted by Gasteiger charge is 2.68. The number of ether oxygens (including phenoxy) is 3. The lowest BCUT2D eigenvalue weighted by molar-refractivity contribution is -0.239. The molecular weight excluding hydrogens is 444 g/mol. The smallest absolute Gasteiger partial charge is 0.189 e. The first-order valence-electron chi connectivity index (χ1n) is 11.9. The number of phenolic OH excluding ortho intramolecular Hbond substituents is 2. The Kier molecular flexibility index (Phi) is 8.04. The Hall–Kier alpha value is -2.04. The third-order valence-corrected chi connectivity index (χ3v) is 7.10. The van der Waals surface area contributed by atoms with Gasteiger partial charge in [-0.25, -0.2) is 0 Å². The van der Waals surface area contributed by atoms with Crippen molar-refractivity contribution < 1.29 is 44.2 Å². The second kappa shape index (κ2) is 10.3. The first-order valence-corrected chi connectivity index (χ1v) is 11.9. The highest BCUT2D eigenvalue weighted by molar-refractivity contribution is 6.04. The van der Waals surface area contributed by atoms with E-state index < -0.39 is 53.4 Å². The number of aliphatic hydroxyl groups excluding tert-OH is 2. The zero-order chi connectivity index (χ0) is 25.4. The van der Waals surface area contributed by atoms with E-state index in [0.717, 1.165) is 0 Å². The summed E-state index contributed by atoms with van der Waals surface area (Å²) in [5.41, 5.74) is -1.48. The largest absolute Gasteiger partial charge is 0.507 e. The molecule has 0 aromatic heterocycles. The number of epoxide rings is 1. The molecule has 2 saturated heterocycles. The molecular formula is C25H36O9. The predicted molar refractivity (Wildman–Crippen MR) is 122 cm³/mol. The summed E-state index contributed by atoms with van der Waals surface area (Å²) in [6.45, 7) is 7.49. The number of ketones is 1. The van der Waals surface area contributed by atoms with Gasteiger partial charge in [-0.2, -0.15) is 0 Å². The van der Waals surface area contributed by atoms with Crippen LogP contribution in [-0.2, 0) is 14.2 Å². The molecule has 0 bridgehead atoms. The Balaban J connectivity index is 1.99. The number of rotatable bonds is 10. The van der Waals surface area contributed by atoms with Crippen LogP contribution < -0.4 is 0 Å². The molecule has 34 heavy (non-hydrogen) atoms. The summed E-state index contributed by atoms with van der Waals surface area (Å²) in [6, 6.07) is 1.35. The van der Waals surface area contributed by atoms with Gasteiger partial charge in [-0.3, -0.25) is 9.59 Å². The molecule has 0 radical (unpaired) electrons. The van der Waals surface area contributed by atoms with E-state index in [-0.39, 0.29) is 35.1 Å². The van der Waals surface area contributed by atoms with Crippen molar-refractivity contribution in [3.8, 4) is 11.5 Å². The van der Waals surface area contributed by atoms with E-state index in [2.05, 4.69) is 0 Å². The van der Waals surface area contributed by atoms with E-state index in [1.165, 1.54) is 13.2 Å². The number of carbonyl (C=O) groups excluding carboxylic acids is 2. The summed E-state index contributed by atoms with van der Waals surface area (Å²) in [7, 11) is 1.46. The molecule has 1 spiro atoms. The molecule has 2 aliphatic heterocycles. The average molecular weight is 481 g/mol. The molecule has 0 amide bonds. The van der Waals surface area contributed by atoms with Crippen molar-refractivity contribution in [2.75, 3.05) is 7.11 Å². The van der Waals surface area contributed by atoms with Gasteiger partial charge in [0.2, 0.25) is 0 Å². The van der Waals surface area contributed by atoms with E-state index >= 15 is 0 Å². The molecule has 2 aliphatic rings. The summed E-state index contributed by atoms with van der Waals surface area (Å²) in [5, 5.41) is 42.7. The standard InChI is InChI=1S/C25H36O9/c1-6-8-13(17-10-18(27)25(24(31)33-17)19(7-2)34-25)20(28)14-9-15(23(32-5)12(3)4)22(30)16(11-26)21(14)29/h9,11-13,17-19,23-24,27,29-31H,6-8,10H2,1-5H3/t13-,17+,18+,19-,23-,24+,25-/m0/s1. The normalized spacial score (nSPS) is 30.4. The minimum absolute atomic E-state index is 0.0723. The van der Waals surface area contributed by atoms with Crippen LogP contribution in [0.5, 0.6) is 11.5 Å². The molecule has 2 heterocycles. The monoisotopic (exact) mass is 480 g/mol. The van der Waals surface area contributed by atoms with Gasteiger partial charge in [0.05, 0.1) is 35.5 Å². The molecule has 190 valence electrons. The van der Waals surface area contributed by atoms with E-state index in [1.807, 2.05) is 27.7 Å². The summed E-state index contributed by atoms with van der Waals surface area (Å²) in [4.78, 5) is 25.4. The van der Waals surface area contributed by atoms with Gasteiger partial charge in [-0.05, 0) is 24.8 Å². The molecule has 4 N–H and O–H groups in total. The predicted octanol–water partition coefficient (Wildman–Crippen LogP) is 2.87. The van der Waals surface area contributed by atoms with Crippen LogP contribution in [0.15, 0.2) is 6.07 Å². The number of methoxy groups -OCH3 is 1. The van der Waals surface area contributed by atoms with Crippen LogP contribution in [-0.4, -0.2) is 69.8 Å². The lowest BCUT2D eigenvalue weighted by Gasteiger charge is -2.39. The molecule has 1 aromatic rings. The van der Waals surface area contributed by atoms with Gasteiger partial charge in [-0.15, -0.1) is 0 Å². The second-order valence-electron chi connectivity index (χ2n) is 9.55. The maximum absolute atomic E-state index is 13.7. The van der Waals surface area contributed by atoms with E-state index in [1.54, 1.807) is 0 Å². The number of aliphatic hydroxyl groups is 2. The zero-order valence-electron chi connectivity index (χ0n) is 20.4. The van der Waals surface area contributed by atoms with Gasteiger partial charge in [0, 0.05) is 25.0 Å². The molecule has 3 rings (SSSR count). The quantitative estimate of drug-likeness (QED) is 0.225. The van der Waals surface area contributed by atoms with Gasteiger partial charge < -0.3 is 34.6 Å². The van der Waals surface area contributed by atoms with Gasteiger partial charge in [0.25, 0.3) is 0 Å². The molecule has 0 aliphatic carbocycles. The molecule has 0 saturated carbocycles. The Morgan fingerprint density at radius 2 is 1.94 bits per heavy atom. The molecule has 7 atom stereocenters. The van der Waals surface area contributed by atoms with Crippen LogP contribution in [0.3, 0.4) is 0 Å². The number of hydrogen-bond donors (Lipinski definition) is 4. The second-order valence-corrected chi connectivity index (χ2v) is 9.55. The van der Waals surface area contributed by atoms with Crippen molar-refractivity contribution in [2.24, 2.45) is 11.8 Å². The molecule has 1 aromatic carbocycles. The number of benzene rings is 1. The van der Waals surface area contributed by atoms with Crippen LogP contribution in [0.1, 0.15) is 85.8 Å². The fourth-order valence-electron chi connectivity index (χ4n) is 5.26. The molecule has 0 unspecified atom stereocenters. The van der Waals surface area contributed by atoms with Crippen LogP contribution in [0, 0.1) is 11.8 Å². The first kappa shape index (κ1) is 26.6. The van der Waals surface area contributed by atoms with Crippen LogP contribution >= 0.6 is 0 Å². The van der Waals surface area contributed by atoms with E-state index in [0.29, 0.717) is 25.5 Å². The van der Waals surface area contributed by atoms with Gasteiger partial charge in [0.1, 0.15) is 11.5 Å². The zero-order valence-corrected chi connectivity index (χ0v) is 20.4. The number of carbonyl (C=O) groups is 2. The summed E-state index contributed by atoms with van der Waals surface area (Å²) < 4.78 is 16.8. The Morgan fingerprint density at radius 3 is 2.41 bits per heavy atom. The fourth-order valence-corrected chi connectivity index (χ4v) is 5.26. The SMILES string of the molecule is CCC[C@H](C(=O)c1cc([C@@H](OC)C(C)C)c(O)c(C=O)c1O)[C@H]1C[C@@H](O)[C@@]2(O[C@H]2CC)[C@H](O)O1. The minimum Gasteiger partial charge on any atom is -0.507 e. The minimum atomic E-state index is -1.40. The first-order chi connectivity index (χ1) is 16.1. The van der Waals surface area contributed by atoms with Crippen molar-refractivity contribution in [1.29, 1.82) is 0 Å². The highest BCUT2D eigenvalue weighted by atomic mass is 16.7. The van der Waals surface area contributed by atoms with Crippen molar-refractivity contribution in [2.45, 2.75) is 89.7 Å². The number of aromatic hydroxyl groups is 2. The van der Waals surface area contributed by atoms with Gasteiger partial charge >= 0.3 is 0 Å². The lowest BCUT2D eigenvalue weighted by atomic mass is 9.80. The fraction of sp³-hybridized carbons (Fsp3) is 0.680. The van der Waals surface area contributed by atoms with Crippen LogP contribution in [0.2, 0.25) is 0 Å². The third kappa shape index (κ3) is 4.35. The Bertz CT molecular complexity index is 900. The van der Waals surface area contributed by atoms with Crippen molar-refractivity contribution >= 4 is 12.1 Å². The van der Waals surface area contributed by atoms with Crippen LogP contribution in [0.4, 0.5) is 0 Å². The number of Topliss-reactive ketones (excluding diaryl/α,β-unsaturated/α-hetero) is 1. The topological polar surface area (TPSA) is 146 Å². The summed E-state index contributed by atoms with van der Waals surface area (Å²) in [5.74, 6) is -2.47. The van der Waals surface area contributed by atoms with Gasteiger partial charge in [-0.1, -0.05) is 34.1 Å². The molecule has 9 nitrogen and oxygen atoms in total. The average Bonchev–Trinajstić information content (AvgIpc) is 3.53. The summed E-state index contributed by atoms with van der Waals surface area (Å²) >= 11 is 0. The van der Waals surface area contributed by atoms with Gasteiger partial charge in [0.15, 0.2) is 24.0 Å². The number of aldehydes is 1. The van der Waals surface area contributed by atoms with Crippen molar-refractivity contribution in [3.63, 3.8) is 0 Å². The van der Waals surface area contributed by atoms with Crippen molar-refractivity contribution in [3.05, 3.63) is 22.8 Å². The highest BCUT2D eigenvalue weighted by Crippen LogP contribution is 2.50. The molecule has 9 heteroatoms. The number of phenols is 2. The lowest BCUT2D eigenvalue weighted by Crippen LogP contribution is -2.55. The summed E-state index contributed by atoms with van der Waals surface area (Å²) in [6.07, 6.45) is -2.25. The maximum atomic E-state index is 13.7.